The zero-order chi connectivity index (χ0) is 27.2. The maximum atomic E-state index is 14.2. The van der Waals surface area contributed by atoms with Crippen LogP contribution in [-0.2, 0) is 20.7 Å². The van der Waals surface area contributed by atoms with Crippen LogP contribution in [0, 0.1) is 6.92 Å². The highest BCUT2D eigenvalue weighted by Crippen LogP contribution is 2.39. The zero-order valence-electron chi connectivity index (χ0n) is 22.5. The van der Waals surface area contributed by atoms with Gasteiger partial charge in [0.2, 0.25) is 11.8 Å². The summed E-state index contributed by atoms with van der Waals surface area (Å²) >= 11 is 1.75. The van der Waals surface area contributed by atoms with E-state index in [1.54, 1.807) is 23.3 Å². The van der Waals surface area contributed by atoms with Crippen LogP contribution in [0.15, 0.2) is 96.4 Å². The number of benzene rings is 3. The summed E-state index contributed by atoms with van der Waals surface area (Å²) in [5.41, 5.74) is 5.28. The Morgan fingerprint density at radius 3 is 2.21 bits per heavy atom. The molecule has 6 heteroatoms. The number of nitrogens with zero attached hydrogens (tertiary/aromatic N) is 2. The number of ether oxygens (including phenoxy) is 1. The second-order valence-electron chi connectivity index (χ2n) is 9.90. The van der Waals surface area contributed by atoms with Crippen molar-refractivity contribution in [3.05, 3.63) is 129 Å². The maximum Gasteiger partial charge on any atom is 0.242 e. The lowest BCUT2D eigenvalue weighted by atomic mass is 9.89. The number of hydrogen-bond donors (Lipinski definition) is 0. The summed E-state index contributed by atoms with van der Waals surface area (Å²) in [6, 6.07) is 29.8. The monoisotopic (exact) mass is 538 g/mol. The van der Waals surface area contributed by atoms with Gasteiger partial charge in [-0.1, -0.05) is 84.9 Å². The smallest absolute Gasteiger partial charge is 0.242 e. The van der Waals surface area contributed by atoms with Crippen LogP contribution in [0.5, 0.6) is 0 Å². The van der Waals surface area contributed by atoms with E-state index in [1.807, 2.05) is 77.7 Å². The van der Waals surface area contributed by atoms with Crippen molar-refractivity contribution in [2.24, 2.45) is 0 Å². The van der Waals surface area contributed by atoms with Crippen molar-refractivity contribution in [2.75, 3.05) is 33.4 Å². The van der Waals surface area contributed by atoms with Crippen LogP contribution in [-0.4, -0.2) is 55.0 Å². The molecule has 2 heterocycles. The molecule has 39 heavy (non-hydrogen) atoms. The van der Waals surface area contributed by atoms with Crippen molar-refractivity contribution in [3.8, 4) is 0 Å². The van der Waals surface area contributed by atoms with Gasteiger partial charge in [0.1, 0.15) is 0 Å². The highest BCUT2D eigenvalue weighted by Gasteiger charge is 2.36. The first kappa shape index (κ1) is 26.9. The third kappa shape index (κ3) is 5.82. The minimum atomic E-state index is -0.506. The molecule has 5 rings (SSSR count). The number of aryl methyl sites for hydroxylation is 1. The average Bonchev–Trinajstić information content (AvgIpc) is 3.45. The SMILES string of the molecule is COCCN(CC(=O)N1CCc2sccc2C1c1ccccc1C)C(=O)C(c1ccccc1)c1ccccc1. The molecule has 5 nitrogen and oxygen atoms in total. The number of hydrogen-bond acceptors (Lipinski definition) is 4. The Morgan fingerprint density at radius 1 is 0.923 bits per heavy atom. The summed E-state index contributed by atoms with van der Waals surface area (Å²) in [7, 11) is 1.62. The van der Waals surface area contributed by atoms with Crippen LogP contribution < -0.4 is 0 Å². The average molecular weight is 539 g/mol. The lowest BCUT2D eigenvalue weighted by Gasteiger charge is -2.38. The summed E-state index contributed by atoms with van der Waals surface area (Å²) in [6.45, 7) is 3.41. The van der Waals surface area contributed by atoms with Crippen LogP contribution in [0.4, 0.5) is 0 Å². The van der Waals surface area contributed by atoms with Crippen molar-refractivity contribution >= 4 is 23.2 Å². The number of thiophene rings is 1. The highest BCUT2D eigenvalue weighted by atomic mass is 32.1. The minimum Gasteiger partial charge on any atom is -0.383 e. The first-order valence-electron chi connectivity index (χ1n) is 13.4. The third-order valence-corrected chi connectivity index (χ3v) is 8.48. The Bertz CT molecular complexity index is 1360. The second-order valence-corrected chi connectivity index (χ2v) is 10.9. The molecule has 1 unspecified atom stereocenters. The largest absolute Gasteiger partial charge is 0.383 e. The fraction of sp³-hybridized carbons (Fsp3) is 0.273. The molecule has 0 radical (unpaired) electrons. The molecule has 0 N–H and O–H groups in total. The molecule has 0 aliphatic carbocycles. The molecule has 0 saturated heterocycles. The molecule has 4 aromatic rings. The van der Waals surface area contributed by atoms with Crippen molar-refractivity contribution in [2.45, 2.75) is 25.3 Å². The van der Waals surface area contributed by atoms with Crippen molar-refractivity contribution in [1.82, 2.24) is 9.80 Å². The number of methoxy groups -OCH3 is 1. The molecule has 2 amide bonds. The fourth-order valence-corrected chi connectivity index (χ4v) is 6.39. The van der Waals surface area contributed by atoms with Crippen LogP contribution in [0.3, 0.4) is 0 Å². The first-order chi connectivity index (χ1) is 19.1. The van der Waals surface area contributed by atoms with Crippen molar-refractivity contribution in [1.29, 1.82) is 0 Å². The summed E-state index contributed by atoms with van der Waals surface area (Å²) in [5, 5.41) is 2.11. The van der Waals surface area contributed by atoms with Crippen LogP contribution in [0.1, 0.15) is 44.7 Å². The standard InChI is InChI=1S/C33H34N2O3S/c1-24-11-9-10-16-27(24)32-28-18-22-39-29(28)17-19-35(32)30(36)23-34(20-21-38-2)33(37)31(25-12-5-3-6-13-25)26-14-7-4-8-15-26/h3-16,18,22,31-32H,17,19-21,23H2,1-2H3. The lowest BCUT2D eigenvalue weighted by molar-refractivity contribution is -0.142. The van der Waals surface area contributed by atoms with Gasteiger partial charge < -0.3 is 14.5 Å². The summed E-state index contributed by atoms with van der Waals surface area (Å²) < 4.78 is 5.37. The number of amides is 2. The Hall–Kier alpha value is -3.74. The number of carbonyl (C=O) groups excluding carboxylic acids is 2. The molecular weight excluding hydrogens is 504 g/mol. The van der Waals surface area contributed by atoms with Crippen molar-refractivity contribution in [3.63, 3.8) is 0 Å². The van der Waals surface area contributed by atoms with E-state index < -0.39 is 5.92 Å². The van der Waals surface area contributed by atoms with E-state index in [4.69, 9.17) is 4.74 Å². The predicted octanol–water partition coefficient (Wildman–Crippen LogP) is 5.84. The van der Waals surface area contributed by atoms with E-state index in [0.29, 0.717) is 19.7 Å². The first-order valence-corrected chi connectivity index (χ1v) is 14.2. The number of fused-ring (bicyclic) bond motifs is 1. The molecule has 1 aliphatic rings. The van der Waals surface area contributed by atoms with Gasteiger partial charge in [0.25, 0.3) is 0 Å². The van der Waals surface area contributed by atoms with E-state index in [1.165, 1.54) is 10.4 Å². The molecule has 1 aliphatic heterocycles. The van der Waals surface area contributed by atoms with Crippen LogP contribution in [0.25, 0.3) is 0 Å². The zero-order valence-corrected chi connectivity index (χ0v) is 23.3. The highest BCUT2D eigenvalue weighted by molar-refractivity contribution is 7.10. The Kier molecular flexibility index (Phi) is 8.54. The third-order valence-electron chi connectivity index (χ3n) is 7.49. The van der Waals surface area contributed by atoms with Crippen molar-refractivity contribution < 1.29 is 14.3 Å². The predicted molar refractivity (Wildman–Crippen MR) is 156 cm³/mol. The van der Waals surface area contributed by atoms with Gasteiger partial charge in [-0.2, -0.15) is 0 Å². The number of rotatable bonds is 9. The molecule has 0 spiro atoms. The van der Waals surface area contributed by atoms with Gasteiger partial charge in [-0.3, -0.25) is 9.59 Å². The lowest BCUT2D eigenvalue weighted by Crippen LogP contribution is -2.48. The molecule has 0 fully saturated rings. The summed E-state index contributed by atoms with van der Waals surface area (Å²) in [4.78, 5) is 33.3. The van der Waals surface area contributed by atoms with Gasteiger partial charge in [-0.05, 0) is 52.6 Å². The van der Waals surface area contributed by atoms with Crippen LogP contribution in [0.2, 0.25) is 0 Å². The van der Waals surface area contributed by atoms with Gasteiger partial charge in [0.05, 0.1) is 25.1 Å². The van der Waals surface area contributed by atoms with Gasteiger partial charge >= 0.3 is 0 Å². The van der Waals surface area contributed by atoms with Crippen LogP contribution >= 0.6 is 11.3 Å². The molecule has 3 aromatic carbocycles. The molecule has 1 atom stereocenters. The Morgan fingerprint density at radius 2 is 1.56 bits per heavy atom. The maximum absolute atomic E-state index is 14.2. The molecule has 200 valence electrons. The summed E-state index contributed by atoms with van der Waals surface area (Å²) in [6.07, 6.45) is 0.823. The topological polar surface area (TPSA) is 49.9 Å². The second kappa shape index (κ2) is 12.4. The van der Waals surface area contributed by atoms with E-state index >= 15 is 0 Å². The molecule has 0 saturated carbocycles. The molecular formula is C33H34N2O3S. The Balaban J connectivity index is 1.47. The summed E-state index contributed by atoms with van der Waals surface area (Å²) in [5.74, 6) is -0.656. The van der Waals surface area contributed by atoms with Gasteiger partial charge in [-0.15, -0.1) is 11.3 Å². The fourth-order valence-electron chi connectivity index (χ4n) is 5.49. The van der Waals surface area contributed by atoms with E-state index in [2.05, 4.69) is 30.5 Å². The van der Waals surface area contributed by atoms with E-state index in [9.17, 15) is 9.59 Å². The number of carbonyl (C=O) groups is 2. The van der Waals surface area contributed by atoms with Gasteiger partial charge in [0, 0.05) is 25.1 Å². The van der Waals surface area contributed by atoms with E-state index in [-0.39, 0.29) is 24.4 Å². The van der Waals surface area contributed by atoms with Gasteiger partial charge in [-0.25, -0.2) is 0 Å². The Labute approximate surface area is 234 Å². The quantitative estimate of drug-likeness (QED) is 0.269. The normalized spacial score (nSPS) is 14.7. The van der Waals surface area contributed by atoms with Gasteiger partial charge in [0.15, 0.2) is 0 Å². The van der Waals surface area contributed by atoms with E-state index in [0.717, 1.165) is 28.7 Å². The molecule has 0 bridgehead atoms. The molecule has 1 aromatic heterocycles. The minimum absolute atomic E-state index is 0.000210.